The van der Waals surface area contributed by atoms with Gasteiger partial charge in [-0.25, -0.2) is 9.59 Å². The van der Waals surface area contributed by atoms with E-state index in [1.54, 1.807) is 40.0 Å². The van der Waals surface area contributed by atoms with Crippen molar-refractivity contribution in [3.05, 3.63) is 71.5 Å². The number of aliphatic imine (C=N–C) groups is 1. The molecule has 0 spiro atoms. The summed E-state index contributed by atoms with van der Waals surface area (Å²) in [5.74, 6) is -10.8. The van der Waals surface area contributed by atoms with Crippen LogP contribution in [0.15, 0.2) is 70.9 Å². The van der Waals surface area contributed by atoms with E-state index >= 15 is 0 Å². The molecule has 1 heterocycles. The van der Waals surface area contributed by atoms with Gasteiger partial charge in [0.05, 0.1) is 31.0 Å². The van der Waals surface area contributed by atoms with Crippen LogP contribution in [-0.2, 0) is 54.3 Å². The molecule has 0 radical (unpaired) electrons. The standard InChI is InChI=1S/C48H72N10O12/c1-8-32-43(63)52-26-41(61)55-36(22-27(2)3)45(65)58-37(47(68)69)25-40(60)54-34(16-12-13-21-51-48(49)50)44(64)56-33(30(6)42(62)57-35(46(66)67)19-20-39(59)53-32)18-17-28(4)23-29(5)38(70-7)24-31-14-10-9-11-15-31/h8-11,14-15,17-18,23,27,29-30,33-38H,12-13,16,19-22,24-26H2,1-7H3,(H,52,63)(H,53,59)(H,54,60)(H,55,61)(H,56,64)(H,57,62)(H,58,65)(H,66,67)(H,68,69)(H4,49,50,51)/b18-17+,28-23+,32-8?/t29-,30-,33-,34-,35+,36-,37+,38-/m0/s1. The van der Waals surface area contributed by atoms with Crippen molar-refractivity contribution < 1.29 is 58.1 Å². The van der Waals surface area contributed by atoms with Gasteiger partial charge >= 0.3 is 11.9 Å². The van der Waals surface area contributed by atoms with Crippen molar-refractivity contribution in [3.63, 3.8) is 0 Å². The van der Waals surface area contributed by atoms with Crippen molar-refractivity contribution in [2.45, 2.75) is 129 Å². The highest BCUT2D eigenvalue weighted by molar-refractivity contribution is 6.00. The predicted molar refractivity (Wildman–Crippen MR) is 260 cm³/mol. The molecule has 8 atom stereocenters. The summed E-state index contributed by atoms with van der Waals surface area (Å²) in [6, 6.07) is 2.54. The monoisotopic (exact) mass is 981 g/mol. The molecule has 13 N–H and O–H groups in total. The molecule has 2 rings (SSSR count). The third-order valence-electron chi connectivity index (χ3n) is 11.2. The number of nitrogens with zero attached hydrogens (tertiary/aromatic N) is 1. The molecule has 386 valence electrons. The van der Waals surface area contributed by atoms with Gasteiger partial charge in [0.25, 0.3) is 5.91 Å². The van der Waals surface area contributed by atoms with Gasteiger partial charge < -0.3 is 63.6 Å². The molecule has 0 aliphatic carbocycles. The normalized spacial score (nSPS) is 23.8. The lowest BCUT2D eigenvalue weighted by Crippen LogP contribution is -2.56. The number of carbonyl (C=O) groups excluding carboxylic acids is 7. The minimum Gasteiger partial charge on any atom is -0.480 e. The van der Waals surface area contributed by atoms with Gasteiger partial charge in [0.1, 0.15) is 29.9 Å². The number of carboxylic acid groups (broad SMARTS) is 2. The van der Waals surface area contributed by atoms with E-state index in [4.69, 9.17) is 16.2 Å². The quantitative estimate of drug-likeness (QED) is 0.0352. The predicted octanol–water partition coefficient (Wildman–Crippen LogP) is 0.422. The van der Waals surface area contributed by atoms with E-state index < -0.39 is 115 Å². The number of guanidine groups is 1. The van der Waals surface area contributed by atoms with Crippen molar-refractivity contribution in [3.8, 4) is 0 Å². The van der Waals surface area contributed by atoms with Crippen LogP contribution in [0.2, 0.25) is 0 Å². The van der Waals surface area contributed by atoms with E-state index in [0.29, 0.717) is 12.8 Å². The van der Waals surface area contributed by atoms with Crippen LogP contribution in [0.4, 0.5) is 0 Å². The summed E-state index contributed by atoms with van der Waals surface area (Å²) >= 11 is 0. The summed E-state index contributed by atoms with van der Waals surface area (Å²) in [5, 5.41) is 37.5. The van der Waals surface area contributed by atoms with E-state index in [9.17, 15) is 53.4 Å². The van der Waals surface area contributed by atoms with Crippen molar-refractivity contribution in [2.75, 3.05) is 20.2 Å². The lowest BCUT2D eigenvalue weighted by Gasteiger charge is -2.27. The van der Waals surface area contributed by atoms with Gasteiger partial charge in [-0.3, -0.25) is 38.6 Å². The van der Waals surface area contributed by atoms with Gasteiger partial charge in [-0.2, -0.15) is 0 Å². The molecule has 1 aromatic carbocycles. The first-order valence-corrected chi connectivity index (χ1v) is 23.2. The number of nitrogens with two attached hydrogens (primary N) is 2. The Morgan fingerprint density at radius 2 is 1.47 bits per heavy atom. The Kier molecular flexibility index (Phi) is 25.6. The third-order valence-corrected chi connectivity index (χ3v) is 11.2. The molecule has 0 unspecified atom stereocenters. The first-order valence-electron chi connectivity index (χ1n) is 23.2. The Morgan fingerprint density at radius 3 is 2.07 bits per heavy atom. The summed E-state index contributed by atoms with van der Waals surface area (Å²) in [6.45, 7) is 9.65. The van der Waals surface area contributed by atoms with Gasteiger partial charge in [-0.05, 0) is 63.9 Å². The van der Waals surface area contributed by atoms with Gasteiger partial charge in [-0.15, -0.1) is 0 Å². The zero-order chi connectivity index (χ0) is 52.5. The molecule has 1 aliphatic rings. The van der Waals surface area contributed by atoms with Crippen LogP contribution in [0.1, 0.15) is 92.1 Å². The number of unbranched alkanes of at least 4 members (excludes halogenated alkanes) is 1. The van der Waals surface area contributed by atoms with Crippen LogP contribution in [0, 0.1) is 17.8 Å². The Hall–Kier alpha value is -7.10. The number of rotatable bonds is 16. The van der Waals surface area contributed by atoms with E-state index in [2.05, 4.69) is 42.2 Å². The summed E-state index contributed by atoms with van der Waals surface area (Å²) < 4.78 is 5.81. The highest BCUT2D eigenvalue weighted by Gasteiger charge is 2.33. The molecule has 22 heteroatoms. The topological polar surface area (TPSA) is 352 Å². The second kappa shape index (κ2) is 30.4. The maximum atomic E-state index is 14.3. The molecule has 0 bridgehead atoms. The third kappa shape index (κ3) is 21.9. The first-order chi connectivity index (χ1) is 33.0. The number of hydrogen-bond acceptors (Lipinski definition) is 11. The van der Waals surface area contributed by atoms with Crippen molar-refractivity contribution in [1.29, 1.82) is 0 Å². The van der Waals surface area contributed by atoms with Crippen LogP contribution in [0.3, 0.4) is 0 Å². The Labute approximate surface area is 408 Å². The number of methoxy groups -OCH3 is 1. The average molecular weight is 981 g/mol. The smallest absolute Gasteiger partial charge is 0.326 e. The lowest BCUT2D eigenvalue weighted by molar-refractivity contribution is -0.144. The number of carboxylic acids is 2. The number of amides is 7. The molecule has 1 aliphatic heterocycles. The minimum absolute atomic E-state index is 0.0218. The Bertz CT molecular complexity index is 2100. The van der Waals surface area contributed by atoms with E-state index in [-0.39, 0.29) is 55.4 Å². The molecule has 7 amide bonds. The molecule has 0 saturated carbocycles. The highest BCUT2D eigenvalue weighted by Crippen LogP contribution is 2.18. The maximum Gasteiger partial charge on any atom is 0.326 e. The fraction of sp³-hybridized carbons (Fsp3) is 0.542. The summed E-state index contributed by atoms with van der Waals surface area (Å²) in [6.07, 6.45) is 5.72. The SMILES string of the molecule is CC=C1NC(=O)CC[C@H](C(=O)O)NC(=O)[C@@H](C)[C@H](/C=C/C(C)=C/[C@H](C)[C@H](Cc2ccccc2)OC)NC(=O)[C@H](CCCCN=C(N)N)NC(=O)C[C@H](C(=O)O)NC(=O)[C@H](CC(C)C)NC(=O)CNC1=O. The molecular formula is C48H72N10O12. The Morgan fingerprint density at radius 1 is 0.843 bits per heavy atom. The maximum absolute atomic E-state index is 14.3. The second-order valence-electron chi connectivity index (χ2n) is 17.6. The molecule has 1 aromatic rings. The fourth-order valence-corrected chi connectivity index (χ4v) is 7.29. The molecule has 22 nitrogen and oxygen atoms in total. The van der Waals surface area contributed by atoms with Crippen LogP contribution >= 0.6 is 0 Å². The molecule has 70 heavy (non-hydrogen) atoms. The number of allylic oxidation sites excluding steroid dienone is 3. The molecular weight excluding hydrogens is 909 g/mol. The van der Waals surface area contributed by atoms with Crippen LogP contribution in [-0.4, -0.2) is 126 Å². The summed E-state index contributed by atoms with van der Waals surface area (Å²) in [4.78, 5) is 123. The van der Waals surface area contributed by atoms with Crippen LogP contribution in [0.25, 0.3) is 0 Å². The number of carbonyl (C=O) groups is 9. The number of ether oxygens (including phenoxy) is 1. The zero-order valence-electron chi connectivity index (χ0n) is 41.0. The lowest BCUT2D eigenvalue weighted by atomic mass is 9.94. The van der Waals surface area contributed by atoms with Gasteiger partial charge in [0.15, 0.2) is 5.96 Å². The summed E-state index contributed by atoms with van der Waals surface area (Å²) in [5.41, 5.74) is 12.4. The largest absolute Gasteiger partial charge is 0.480 e. The number of nitrogens with one attached hydrogen (secondary N) is 7. The molecule has 0 aromatic heterocycles. The van der Waals surface area contributed by atoms with Crippen LogP contribution in [0.5, 0.6) is 0 Å². The minimum atomic E-state index is -1.83. The van der Waals surface area contributed by atoms with E-state index in [0.717, 1.165) is 11.1 Å². The van der Waals surface area contributed by atoms with Crippen molar-refractivity contribution in [2.24, 2.45) is 34.2 Å². The van der Waals surface area contributed by atoms with E-state index in [1.807, 2.05) is 43.3 Å². The molecule has 1 fully saturated rings. The number of aliphatic carboxylic acids is 2. The number of benzene rings is 1. The van der Waals surface area contributed by atoms with Crippen molar-refractivity contribution >= 4 is 59.2 Å². The number of hydrogen-bond donors (Lipinski definition) is 11. The Balaban J connectivity index is 2.66. The fourth-order valence-electron chi connectivity index (χ4n) is 7.29. The van der Waals surface area contributed by atoms with E-state index in [1.165, 1.54) is 19.9 Å². The second-order valence-corrected chi connectivity index (χ2v) is 17.6. The highest BCUT2D eigenvalue weighted by atomic mass is 16.5. The zero-order valence-corrected chi connectivity index (χ0v) is 41.0. The van der Waals surface area contributed by atoms with Crippen molar-refractivity contribution in [1.82, 2.24) is 37.2 Å². The average Bonchev–Trinajstić information content (AvgIpc) is 3.29. The summed E-state index contributed by atoms with van der Waals surface area (Å²) in [7, 11) is 1.61. The molecule has 1 saturated heterocycles. The first kappa shape index (κ1) is 59.0. The van der Waals surface area contributed by atoms with Gasteiger partial charge in [0.2, 0.25) is 35.4 Å². The van der Waals surface area contributed by atoms with Gasteiger partial charge in [0, 0.05) is 26.0 Å². The van der Waals surface area contributed by atoms with Crippen LogP contribution < -0.4 is 48.7 Å². The van der Waals surface area contributed by atoms with Gasteiger partial charge in [-0.1, -0.05) is 87.9 Å².